The highest BCUT2D eigenvalue weighted by molar-refractivity contribution is 7.87. The van der Waals surface area contributed by atoms with Gasteiger partial charge in [-0.25, -0.2) is 14.7 Å². The number of piperazine rings is 1. The molecular weight excluding hydrogens is 712 g/mol. The van der Waals surface area contributed by atoms with E-state index in [1.54, 1.807) is 10.4 Å². The molecule has 3 aromatic heterocycles. The number of anilines is 1. The molecule has 52 heavy (non-hydrogen) atoms. The van der Waals surface area contributed by atoms with Crippen LogP contribution in [0.1, 0.15) is 60.7 Å². The Balaban J connectivity index is 0.945. The average molecular weight is 758 g/mol. The van der Waals surface area contributed by atoms with Gasteiger partial charge in [-0.3, -0.25) is 9.80 Å². The first kappa shape index (κ1) is 37.0. The summed E-state index contributed by atoms with van der Waals surface area (Å²) in [6, 6.07) is 10.5. The minimum atomic E-state index is -4.27. The summed E-state index contributed by atoms with van der Waals surface area (Å²) in [6.07, 6.45) is 1.30. The molecular formula is C36H46F3N9O2S2. The van der Waals surface area contributed by atoms with Crippen molar-refractivity contribution in [2.45, 2.75) is 83.7 Å². The fourth-order valence-electron chi connectivity index (χ4n) is 7.73. The SMILES string of the molecule is Cc1c(CN2CCC(Nc3ncnc4sc(CC(F)(F)F)cc34)CC2)ccc2c1cc(C#N)n2CC(C)N1CCN(S(=O)(=O)NCC2CCC2)CC1. The maximum atomic E-state index is 13.0. The molecule has 1 aromatic carbocycles. The molecule has 11 nitrogen and oxygen atoms in total. The normalized spacial score (nSPS) is 19.6. The molecule has 0 amide bonds. The van der Waals surface area contributed by atoms with Gasteiger partial charge in [-0.15, -0.1) is 11.3 Å². The summed E-state index contributed by atoms with van der Waals surface area (Å²) in [6.45, 7) is 10.1. The van der Waals surface area contributed by atoms with Crippen LogP contribution in [-0.2, 0) is 29.7 Å². The maximum absolute atomic E-state index is 13.0. The van der Waals surface area contributed by atoms with Crippen LogP contribution in [-0.4, -0.2) is 101 Å². The van der Waals surface area contributed by atoms with Gasteiger partial charge >= 0.3 is 6.18 Å². The summed E-state index contributed by atoms with van der Waals surface area (Å²) in [5.41, 5.74) is 4.01. The van der Waals surface area contributed by atoms with Crippen LogP contribution in [0.3, 0.4) is 0 Å². The number of hydrogen-bond donors (Lipinski definition) is 2. The third-order valence-corrected chi connectivity index (χ3v) is 13.7. The number of benzene rings is 1. The molecule has 3 fully saturated rings. The molecule has 1 saturated carbocycles. The third-order valence-electron chi connectivity index (χ3n) is 11.1. The highest BCUT2D eigenvalue weighted by Crippen LogP contribution is 2.34. The van der Waals surface area contributed by atoms with Crippen molar-refractivity contribution in [1.82, 2.24) is 33.4 Å². The Morgan fingerprint density at radius 3 is 2.46 bits per heavy atom. The zero-order valence-electron chi connectivity index (χ0n) is 29.6. The van der Waals surface area contributed by atoms with Crippen molar-refractivity contribution >= 4 is 48.5 Å². The number of nitriles is 1. The van der Waals surface area contributed by atoms with Gasteiger partial charge in [-0.2, -0.15) is 31.2 Å². The van der Waals surface area contributed by atoms with Gasteiger partial charge in [-0.05, 0) is 74.8 Å². The first-order chi connectivity index (χ1) is 24.9. The number of nitrogens with one attached hydrogen (secondary N) is 2. The smallest absolute Gasteiger partial charge is 0.367 e. The van der Waals surface area contributed by atoms with Gasteiger partial charge in [0.25, 0.3) is 10.2 Å². The molecule has 4 aromatic rings. The number of thiophene rings is 1. The number of aryl methyl sites for hydroxylation is 1. The number of nitrogens with zero attached hydrogens (tertiary/aromatic N) is 7. The summed E-state index contributed by atoms with van der Waals surface area (Å²) in [4.78, 5) is 14.1. The Labute approximate surface area is 307 Å². The molecule has 0 bridgehead atoms. The topological polar surface area (TPSA) is 122 Å². The van der Waals surface area contributed by atoms with Crippen molar-refractivity contribution in [3.8, 4) is 6.07 Å². The molecule has 2 aliphatic heterocycles. The van der Waals surface area contributed by atoms with Crippen LogP contribution >= 0.6 is 11.3 Å². The number of fused-ring (bicyclic) bond motifs is 2. The quantitative estimate of drug-likeness (QED) is 0.190. The van der Waals surface area contributed by atoms with Crippen LogP contribution in [0.2, 0.25) is 0 Å². The van der Waals surface area contributed by atoms with E-state index in [1.165, 1.54) is 18.3 Å². The van der Waals surface area contributed by atoms with Crippen LogP contribution in [0, 0.1) is 24.2 Å². The molecule has 2 saturated heterocycles. The second-order valence-corrected chi connectivity index (χ2v) is 17.5. The zero-order valence-corrected chi connectivity index (χ0v) is 31.3. The van der Waals surface area contributed by atoms with Crippen LogP contribution in [0.15, 0.2) is 30.6 Å². The molecule has 1 unspecified atom stereocenters. The van der Waals surface area contributed by atoms with Gasteiger partial charge in [0, 0.05) is 86.8 Å². The van der Waals surface area contributed by atoms with Gasteiger partial charge in [-0.1, -0.05) is 12.5 Å². The maximum Gasteiger partial charge on any atom is 0.393 e. The predicted molar refractivity (Wildman–Crippen MR) is 197 cm³/mol. The molecule has 16 heteroatoms. The van der Waals surface area contributed by atoms with E-state index in [-0.39, 0.29) is 17.0 Å². The van der Waals surface area contributed by atoms with Crippen molar-refractivity contribution in [3.05, 3.63) is 52.3 Å². The molecule has 7 rings (SSSR count). The number of piperidine rings is 1. The van der Waals surface area contributed by atoms with Gasteiger partial charge in [0.15, 0.2) is 0 Å². The van der Waals surface area contributed by atoms with E-state index in [1.807, 2.05) is 6.07 Å². The van der Waals surface area contributed by atoms with E-state index in [4.69, 9.17) is 0 Å². The van der Waals surface area contributed by atoms with Crippen molar-refractivity contribution < 1.29 is 21.6 Å². The first-order valence-corrected chi connectivity index (χ1v) is 20.4. The van der Waals surface area contributed by atoms with E-state index in [0.29, 0.717) is 66.9 Å². The van der Waals surface area contributed by atoms with Gasteiger partial charge in [0.2, 0.25) is 0 Å². The molecule has 5 heterocycles. The van der Waals surface area contributed by atoms with Crippen molar-refractivity contribution in [2.24, 2.45) is 5.92 Å². The van der Waals surface area contributed by atoms with E-state index >= 15 is 0 Å². The summed E-state index contributed by atoms with van der Waals surface area (Å²) in [5.74, 6) is 1.05. The first-order valence-electron chi connectivity index (χ1n) is 18.2. The van der Waals surface area contributed by atoms with E-state index in [9.17, 15) is 26.9 Å². The summed E-state index contributed by atoms with van der Waals surface area (Å²) in [5, 5.41) is 15.3. The number of aromatic nitrogens is 3. The Morgan fingerprint density at radius 2 is 1.79 bits per heavy atom. The molecule has 1 atom stereocenters. The number of likely N-dealkylation sites (tertiary alicyclic amines) is 1. The fourth-order valence-corrected chi connectivity index (χ4v) is 10.0. The highest BCUT2D eigenvalue weighted by atomic mass is 32.2. The summed E-state index contributed by atoms with van der Waals surface area (Å²) < 4.78 is 71.1. The van der Waals surface area contributed by atoms with Crippen LogP contribution in [0.25, 0.3) is 21.1 Å². The highest BCUT2D eigenvalue weighted by Gasteiger charge is 2.31. The molecule has 280 valence electrons. The Hall–Kier alpha value is -3.33. The lowest BCUT2D eigenvalue weighted by Gasteiger charge is -2.38. The number of rotatable bonds is 12. The number of halogens is 3. The van der Waals surface area contributed by atoms with Gasteiger partial charge in [0.05, 0.1) is 11.8 Å². The second kappa shape index (κ2) is 15.2. The number of alkyl halides is 3. The summed E-state index contributed by atoms with van der Waals surface area (Å²) in [7, 11) is -3.47. The van der Waals surface area contributed by atoms with Crippen molar-refractivity contribution in [3.63, 3.8) is 0 Å². The predicted octanol–water partition coefficient (Wildman–Crippen LogP) is 5.65. The fraction of sp³-hybridized carbons (Fsp3) is 0.583. The lowest BCUT2D eigenvalue weighted by Crippen LogP contribution is -2.54. The van der Waals surface area contributed by atoms with Crippen LogP contribution < -0.4 is 10.0 Å². The number of hydrogen-bond acceptors (Lipinski definition) is 9. The molecule has 2 N–H and O–H groups in total. The third kappa shape index (κ3) is 8.24. The zero-order chi connectivity index (χ0) is 36.6. The average Bonchev–Trinajstić information content (AvgIpc) is 3.66. The minimum Gasteiger partial charge on any atom is -0.367 e. The standard InChI is InChI=1S/C36H46F3N9O2S2/c1-24(46-12-14-47(15-13-46)52(49,50)43-20-26-4-3-5-26)21-48-29(19-40)16-31-25(2)27(6-7-33(31)48)22-45-10-8-28(9-11-45)44-34-32-17-30(18-36(37,38)39)51-35(32)42-23-41-34/h6-7,16-17,23-24,26,28,43H,3-5,8-15,18,20-22H2,1-2H3,(H,41,42,44). The van der Waals surface area contributed by atoms with Crippen molar-refractivity contribution in [1.29, 1.82) is 5.26 Å². The van der Waals surface area contributed by atoms with E-state index in [2.05, 4.69) is 66.4 Å². The van der Waals surface area contributed by atoms with Crippen molar-refractivity contribution in [2.75, 3.05) is 51.1 Å². The van der Waals surface area contributed by atoms with Gasteiger partial charge in [0.1, 0.15) is 28.7 Å². The van der Waals surface area contributed by atoms with E-state index < -0.39 is 22.8 Å². The molecule has 0 radical (unpaired) electrons. The lowest BCUT2D eigenvalue weighted by atomic mass is 9.86. The Kier molecular flexibility index (Phi) is 10.8. The molecule has 3 aliphatic rings. The monoisotopic (exact) mass is 757 g/mol. The Bertz CT molecular complexity index is 2040. The van der Waals surface area contributed by atoms with Crippen LogP contribution in [0.4, 0.5) is 19.0 Å². The second-order valence-electron chi connectivity index (χ2n) is 14.6. The summed E-state index contributed by atoms with van der Waals surface area (Å²) >= 11 is 1.06. The Morgan fingerprint density at radius 1 is 1.04 bits per heavy atom. The largest absolute Gasteiger partial charge is 0.393 e. The molecule has 0 spiro atoms. The molecule has 1 aliphatic carbocycles. The van der Waals surface area contributed by atoms with Crippen LogP contribution in [0.5, 0.6) is 0 Å². The van der Waals surface area contributed by atoms with Gasteiger partial charge < -0.3 is 9.88 Å². The lowest BCUT2D eigenvalue weighted by molar-refractivity contribution is -0.126. The minimum absolute atomic E-state index is 0.116. The van der Waals surface area contributed by atoms with E-state index in [0.717, 1.165) is 73.1 Å².